The van der Waals surface area contributed by atoms with Crippen LogP contribution in [0, 0.1) is 0 Å². The molecule has 25 heavy (non-hydrogen) atoms. The second-order valence-electron chi connectivity index (χ2n) is 5.84. The van der Waals surface area contributed by atoms with Crippen molar-refractivity contribution in [3.05, 3.63) is 54.1 Å². The normalized spacial score (nSPS) is 16.5. The molecule has 132 valence electrons. The molecule has 2 aromatic carbocycles. The summed E-state index contributed by atoms with van der Waals surface area (Å²) in [6, 6.07) is 13.3. The Kier molecular flexibility index (Phi) is 4.57. The summed E-state index contributed by atoms with van der Waals surface area (Å²) in [5.74, 6) is -0.572. The van der Waals surface area contributed by atoms with Crippen LogP contribution in [0.2, 0.25) is 0 Å². The molecule has 1 N–H and O–H groups in total. The Hall–Kier alpha value is -2.70. The standard InChI is InChI=1S/C18H17F3N2O2/c1-12-10-13-6-2-4-8-15(13)23(12)17(24)11-22-14-7-3-5-9-16(14)25-18(19,20)21/h2-9,12,22H,10-11H2,1H3. The average molecular weight is 350 g/mol. The molecule has 0 aliphatic carbocycles. The Labute approximate surface area is 143 Å². The van der Waals surface area contributed by atoms with Gasteiger partial charge in [-0.3, -0.25) is 4.79 Å². The number of nitrogens with zero attached hydrogens (tertiary/aromatic N) is 1. The number of alkyl halides is 3. The third-order valence-corrected chi connectivity index (χ3v) is 4.02. The third kappa shape index (κ3) is 3.87. The van der Waals surface area contributed by atoms with Crippen LogP contribution in [-0.4, -0.2) is 24.9 Å². The van der Waals surface area contributed by atoms with E-state index in [9.17, 15) is 18.0 Å². The lowest BCUT2D eigenvalue weighted by Gasteiger charge is -2.23. The molecule has 1 aliphatic rings. The van der Waals surface area contributed by atoms with Crippen molar-refractivity contribution >= 4 is 17.3 Å². The van der Waals surface area contributed by atoms with Crippen LogP contribution in [0.4, 0.5) is 24.5 Å². The number of hydrogen-bond acceptors (Lipinski definition) is 3. The molecule has 0 saturated carbocycles. The summed E-state index contributed by atoms with van der Waals surface area (Å²) in [6.07, 6.45) is -4.03. The van der Waals surface area contributed by atoms with Crippen LogP contribution in [-0.2, 0) is 11.2 Å². The summed E-state index contributed by atoms with van der Waals surface area (Å²) in [6.45, 7) is 1.81. The van der Waals surface area contributed by atoms with E-state index in [2.05, 4.69) is 10.1 Å². The van der Waals surface area contributed by atoms with Crippen LogP contribution in [0.5, 0.6) is 5.75 Å². The van der Waals surface area contributed by atoms with Crippen molar-refractivity contribution in [3.8, 4) is 5.75 Å². The number of halogens is 3. The molecule has 1 unspecified atom stereocenters. The van der Waals surface area contributed by atoms with Gasteiger partial charge in [0.25, 0.3) is 0 Å². The second kappa shape index (κ2) is 6.66. The first-order valence-corrected chi connectivity index (χ1v) is 7.84. The van der Waals surface area contributed by atoms with E-state index in [1.165, 1.54) is 18.2 Å². The minimum absolute atomic E-state index is 0.00775. The van der Waals surface area contributed by atoms with Crippen molar-refractivity contribution in [2.24, 2.45) is 0 Å². The van der Waals surface area contributed by atoms with Gasteiger partial charge in [-0.2, -0.15) is 0 Å². The molecule has 0 aromatic heterocycles. The van der Waals surface area contributed by atoms with Crippen molar-refractivity contribution < 1.29 is 22.7 Å². The Morgan fingerprint density at radius 3 is 2.64 bits per heavy atom. The number of nitrogens with one attached hydrogen (secondary N) is 1. The number of hydrogen-bond donors (Lipinski definition) is 1. The minimum atomic E-state index is -4.79. The fourth-order valence-electron chi connectivity index (χ4n) is 3.03. The van der Waals surface area contributed by atoms with Gasteiger partial charge < -0.3 is 15.0 Å². The van der Waals surface area contributed by atoms with Gasteiger partial charge in [0.05, 0.1) is 12.2 Å². The van der Waals surface area contributed by atoms with Crippen LogP contribution in [0.25, 0.3) is 0 Å². The largest absolute Gasteiger partial charge is 0.573 e. The van der Waals surface area contributed by atoms with Crippen molar-refractivity contribution in [2.45, 2.75) is 25.7 Å². The summed E-state index contributed by atoms with van der Waals surface area (Å²) < 4.78 is 41.4. The van der Waals surface area contributed by atoms with Gasteiger partial charge in [-0.15, -0.1) is 13.2 Å². The van der Waals surface area contributed by atoms with E-state index in [-0.39, 0.29) is 29.9 Å². The minimum Gasteiger partial charge on any atom is -0.404 e. The summed E-state index contributed by atoms with van der Waals surface area (Å²) in [5, 5.41) is 2.75. The lowest BCUT2D eigenvalue weighted by Crippen LogP contribution is -2.39. The number of rotatable bonds is 4. The predicted molar refractivity (Wildman–Crippen MR) is 88.7 cm³/mol. The van der Waals surface area contributed by atoms with Crippen molar-refractivity contribution in [2.75, 3.05) is 16.8 Å². The van der Waals surface area contributed by atoms with Gasteiger partial charge in [0.2, 0.25) is 5.91 Å². The molecular weight excluding hydrogens is 333 g/mol. The number of ether oxygens (including phenoxy) is 1. The van der Waals surface area contributed by atoms with Crippen LogP contribution >= 0.6 is 0 Å². The highest BCUT2D eigenvalue weighted by atomic mass is 19.4. The summed E-state index contributed by atoms with van der Waals surface area (Å²) >= 11 is 0. The SMILES string of the molecule is CC1Cc2ccccc2N1C(=O)CNc1ccccc1OC(F)(F)F. The van der Waals surface area contributed by atoms with E-state index in [4.69, 9.17) is 0 Å². The van der Waals surface area contributed by atoms with Crippen molar-refractivity contribution in [1.29, 1.82) is 0 Å². The quantitative estimate of drug-likeness (QED) is 0.907. The Bertz CT molecular complexity index is 777. The number of benzene rings is 2. The maximum Gasteiger partial charge on any atom is 0.573 e. The third-order valence-electron chi connectivity index (χ3n) is 4.02. The van der Waals surface area contributed by atoms with Gasteiger partial charge >= 0.3 is 6.36 Å². The first-order valence-electron chi connectivity index (χ1n) is 7.84. The first kappa shape index (κ1) is 17.1. The zero-order chi connectivity index (χ0) is 18.0. The molecule has 1 amide bonds. The number of carbonyl (C=O) groups is 1. The zero-order valence-corrected chi connectivity index (χ0v) is 13.5. The van der Waals surface area contributed by atoms with E-state index in [0.29, 0.717) is 0 Å². The molecule has 0 radical (unpaired) electrons. The molecular formula is C18H17F3N2O2. The fourth-order valence-corrected chi connectivity index (χ4v) is 3.03. The highest BCUT2D eigenvalue weighted by Gasteiger charge is 2.33. The topological polar surface area (TPSA) is 41.6 Å². The Morgan fingerprint density at radius 1 is 1.20 bits per heavy atom. The highest BCUT2D eigenvalue weighted by Crippen LogP contribution is 2.33. The van der Waals surface area contributed by atoms with E-state index in [0.717, 1.165) is 17.7 Å². The molecule has 0 saturated heterocycles. The van der Waals surface area contributed by atoms with Crippen LogP contribution < -0.4 is 15.0 Å². The van der Waals surface area contributed by atoms with E-state index < -0.39 is 6.36 Å². The van der Waals surface area contributed by atoms with E-state index in [1.807, 2.05) is 31.2 Å². The van der Waals surface area contributed by atoms with Crippen LogP contribution in [0.15, 0.2) is 48.5 Å². The van der Waals surface area contributed by atoms with Gasteiger partial charge in [0, 0.05) is 11.7 Å². The molecule has 4 nitrogen and oxygen atoms in total. The number of fused-ring (bicyclic) bond motifs is 1. The van der Waals surface area contributed by atoms with Gasteiger partial charge in [0.1, 0.15) is 0 Å². The van der Waals surface area contributed by atoms with Crippen molar-refractivity contribution in [3.63, 3.8) is 0 Å². The molecule has 1 atom stereocenters. The van der Waals surface area contributed by atoms with Gasteiger partial charge in [-0.1, -0.05) is 30.3 Å². The van der Waals surface area contributed by atoms with Crippen molar-refractivity contribution in [1.82, 2.24) is 0 Å². The second-order valence-corrected chi connectivity index (χ2v) is 5.84. The van der Waals surface area contributed by atoms with Gasteiger partial charge in [-0.25, -0.2) is 0 Å². The molecule has 7 heteroatoms. The molecule has 3 rings (SSSR count). The molecule has 2 aromatic rings. The lowest BCUT2D eigenvalue weighted by atomic mass is 10.1. The molecule has 1 heterocycles. The summed E-state index contributed by atoms with van der Waals surface area (Å²) in [5.41, 5.74) is 2.05. The zero-order valence-electron chi connectivity index (χ0n) is 13.5. The van der Waals surface area contributed by atoms with Crippen LogP contribution in [0.1, 0.15) is 12.5 Å². The summed E-state index contributed by atoms with van der Waals surface area (Å²) in [4.78, 5) is 14.3. The average Bonchev–Trinajstić information content (AvgIpc) is 2.88. The van der Waals surface area contributed by atoms with Crippen LogP contribution in [0.3, 0.4) is 0 Å². The lowest BCUT2D eigenvalue weighted by molar-refractivity contribution is -0.274. The van der Waals surface area contributed by atoms with Gasteiger partial charge in [-0.05, 0) is 37.1 Å². The Balaban J connectivity index is 1.72. The predicted octanol–water partition coefficient (Wildman–Crippen LogP) is 3.97. The van der Waals surface area contributed by atoms with E-state index in [1.54, 1.807) is 11.0 Å². The maximum absolute atomic E-state index is 12.6. The molecule has 0 fully saturated rings. The van der Waals surface area contributed by atoms with E-state index >= 15 is 0 Å². The molecule has 0 spiro atoms. The Morgan fingerprint density at radius 2 is 1.88 bits per heavy atom. The highest BCUT2D eigenvalue weighted by molar-refractivity contribution is 5.98. The number of carbonyl (C=O) groups excluding carboxylic acids is 1. The first-order chi connectivity index (χ1) is 11.8. The van der Waals surface area contributed by atoms with Gasteiger partial charge in [0.15, 0.2) is 5.75 Å². The monoisotopic (exact) mass is 350 g/mol. The smallest absolute Gasteiger partial charge is 0.404 e. The summed E-state index contributed by atoms with van der Waals surface area (Å²) in [7, 11) is 0. The fraction of sp³-hybridized carbons (Fsp3) is 0.278. The molecule has 1 aliphatic heterocycles. The number of para-hydroxylation sites is 3. The number of amides is 1. The number of anilines is 2. The molecule has 0 bridgehead atoms. The maximum atomic E-state index is 12.6.